The number of aromatic nitrogens is 4. The van der Waals surface area contributed by atoms with Gasteiger partial charge in [0.15, 0.2) is 11.6 Å². The minimum Gasteiger partial charge on any atom is -0.488 e. The summed E-state index contributed by atoms with van der Waals surface area (Å²) in [5, 5.41) is 11.6. The summed E-state index contributed by atoms with van der Waals surface area (Å²) in [6.45, 7) is 0.862. The maximum atomic E-state index is 12.2. The molecule has 0 aromatic carbocycles. The molecule has 4 heterocycles. The van der Waals surface area contributed by atoms with E-state index >= 15 is 0 Å². The van der Waals surface area contributed by atoms with Crippen molar-refractivity contribution in [3.8, 4) is 17.0 Å². The largest absolute Gasteiger partial charge is 0.522 e. The normalized spacial score (nSPS) is 18.8. The van der Waals surface area contributed by atoms with Gasteiger partial charge in [0.2, 0.25) is 5.91 Å². The third-order valence-corrected chi connectivity index (χ3v) is 6.18. The fourth-order valence-corrected chi connectivity index (χ4v) is 4.07. The van der Waals surface area contributed by atoms with E-state index in [2.05, 4.69) is 20.3 Å². The first-order chi connectivity index (χ1) is 16.3. The molecule has 1 saturated carbocycles. The molecule has 1 amide bonds. The van der Waals surface area contributed by atoms with Gasteiger partial charge in [-0.1, -0.05) is 0 Å². The van der Waals surface area contributed by atoms with Gasteiger partial charge in [-0.2, -0.15) is 10.2 Å². The van der Waals surface area contributed by atoms with Gasteiger partial charge in [-0.05, 0) is 31.4 Å². The highest BCUT2D eigenvalue weighted by Gasteiger charge is 2.33. The molecule has 9 nitrogen and oxygen atoms in total. The Balaban J connectivity index is 1.24. The van der Waals surface area contributed by atoms with Crippen molar-refractivity contribution in [1.82, 2.24) is 24.3 Å². The fraction of sp³-hybridized carbons (Fsp3) is 0.500. The summed E-state index contributed by atoms with van der Waals surface area (Å²) in [7, 11) is 1.81. The number of alkyl halides is 3. The Kier molecular flexibility index (Phi) is 5.94. The number of pyridine rings is 1. The molecule has 1 saturated heterocycles. The second-order valence-corrected chi connectivity index (χ2v) is 8.64. The molecule has 2 fully saturated rings. The number of ether oxygens (including phenoxy) is 2. The lowest BCUT2D eigenvalue weighted by Gasteiger charge is -2.40. The monoisotopic (exact) mass is 478 g/mol. The molecule has 12 heteroatoms. The van der Waals surface area contributed by atoms with Gasteiger partial charge in [-0.15, -0.1) is 13.2 Å². The second kappa shape index (κ2) is 8.91. The minimum absolute atomic E-state index is 0.000886. The summed E-state index contributed by atoms with van der Waals surface area (Å²) < 4.78 is 49.9. The van der Waals surface area contributed by atoms with Crippen LogP contribution in [0.2, 0.25) is 0 Å². The number of amides is 1. The standard InChI is InChI=1S/C22H25F3N6O3/c1-29-20(15-4-7-31-17(10-15)11-19(28-31)27-21(32)14-2-3-14)18(12-26-29)33-13-16-5-6-30(16)8-9-34-22(23,24)25/h4,7,10-12,14,16H,2-3,5-6,8-9,13H2,1H3,(H,27,28,32)/t16-/m1/s1. The number of anilines is 1. The maximum Gasteiger partial charge on any atom is 0.522 e. The molecule has 3 aromatic rings. The number of nitrogens with zero attached hydrogens (tertiary/aromatic N) is 5. The second-order valence-electron chi connectivity index (χ2n) is 8.64. The van der Waals surface area contributed by atoms with Crippen molar-refractivity contribution in [2.75, 3.05) is 31.6 Å². The van der Waals surface area contributed by atoms with Gasteiger partial charge in [0, 0.05) is 49.9 Å². The van der Waals surface area contributed by atoms with Crippen LogP contribution >= 0.6 is 0 Å². The zero-order valence-electron chi connectivity index (χ0n) is 18.6. The van der Waals surface area contributed by atoms with Gasteiger partial charge in [-0.3, -0.25) is 19.1 Å². The van der Waals surface area contributed by atoms with Crippen molar-refractivity contribution >= 4 is 17.2 Å². The molecule has 2 aliphatic rings. The maximum absolute atomic E-state index is 12.2. The van der Waals surface area contributed by atoms with E-state index < -0.39 is 13.0 Å². The highest BCUT2D eigenvalue weighted by atomic mass is 19.4. The van der Waals surface area contributed by atoms with Gasteiger partial charge in [0.25, 0.3) is 0 Å². The van der Waals surface area contributed by atoms with Crippen LogP contribution in [-0.4, -0.2) is 68.9 Å². The van der Waals surface area contributed by atoms with Crippen molar-refractivity contribution in [3.63, 3.8) is 0 Å². The van der Waals surface area contributed by atoms with Crippen molar-refractivity contribution in [3.05, 3.63) is 30.6 Å². The molecule has 1 N–H and O–H groups in total. The first kappa shape index (κ1) is 22.7. The zero-order chi connectivity index (χ0) is 23.9. The lowest BCUT2D eigenvalue weighted by Crippen LogP contribution is -2.52. The summed E-state index contributed by atoms with van der Waals surface area (Å²) in [5.74, 6) is 1.20. The highest BCUT2D eigenvalue weighted by Crippen LogP contribution is 2.32. The summed E-state index contributed by atoms with van der Waals surface area (Å²) in [4.78, 5) is 13.9. The van der Waals surface area contributed by atoms with Crippen molar-refractivity contribution in [1.29, 1.82) is 0 Å². The van der Waals surface area contributed by atoms with E-state index in [0.29, 0.717) is 24.7 Å². The Morgan fingerprint density at radius 3 is 2.79 bits per heavy atom. The van der Waals surface area contributed by atoms with Crippen LogP contribution in [0.15, 0.2) is 30.6 Å². The fourth-order valence-electron chi connectivity index (χ4n) is 4.07. The van der Waals surface area contributed by atoms with E-state index in [4.69, 9.17) is 4.74 Å². The Morgan fingerprint density at radius 2 is 2.09 bits per heavy atom. The van der Waals surface area contributed by atoms with Crippen LogP contribution in [0.25, 0.3) is 16.8 Å². The number of nitrogens with one attached hydrogen (secondary N) is 1. The number of hydrogen-bond acceptors (Lipinski definition) is 6. The van der Waals surface area contributed by atoms with E-state index in [9.17, 15) is 18.0 Å². The smallest absolute Gasteiger partial charge is 0.488 e. The third-order valence-electron chi connectivity index (χ3n) is 6.18. The molecule has 3 aromatic heterocycles. The van der Waals surface area contributed by atoms with Crippen molar-refractivity contribution in [2.45, 2.75) is 31.7 Å². The number of halogens is 3. The van der Waals surface area contributed by atoms with Gasteiger partial charge in [0.05, 0.1) is 18.3 Å². The van der Waals surface area contributed by atoms with Crippen LogP contribution in [0.3, 0.4) is 0 Å². The molecule has 0 radical (unpaired) electrons. The minimum atomic E-state index is -4.61. The molecule has 0 spiro atoms. The van der Waals surface area contributed by atoms with Crippen LogP contribution in [0.1, 0.15) is 19.3 Å². The molecule has 1 aliphatic heterocycles. The molecular weight excluding hydrogens is 453 g/mol. The predicted octanol–water partition coefficient (Wildman–Crippen LogP) is 3.07. The van der Waals surface area contributed by atoms with E-state index in [-0.39, 0.29) is 24.4 Å². The Bertz CT molecular complexity index is 1190. The molecular formula is C22H25F3N6O3. The molecule has 34 heavy (non-hydrogen) atoms. The van der Waals surface area contributed by atoms with Crippen LogP contribution in [0, 0.1) is 5.92 Å². The van der Waals surface area contributed by atoms with Crippen LogP contribution < -0.4 is 10.1 Å². The van der Waals surface area contributed by atoms with Gasteiger partial charge < -0.3 is 10.1 Å². The van der Waals surface area contributed by atoms with Crippen LogP contribution in [0.4, 0.5) is 19.0 Å². The first-order valence-electron chi connectivity index (χ1n) is 11.2. The number of rotatable bonds is 9. The summed E-state index contributed by atoms with van der Waals surface area (Å²) in [6, 6.07) is 5.67. The summed E-state index contributed by atoms with van der Waals surface area (Å²) >= 11 is 0. The Morgan fingerprint density at radius 1 is 1.26 bits per heavy atom. The van der Waals surface area contributed by atoms with E-state index in [1.165, 1.54) is 0 Å². The Labute approximate surface area is 193 Å². The van der Waals surface area contributed by atoms with Gasteiger partial charge in [-0.25, -0.2) is 4.52 Å². The number of aryl methyl sites for hydroxylation is 1. The number of hydrogen-bond donors (Lipinski definition) is 1. The SMILES string of the molecule is Cn1ncc(OC[C@H]2CCN2CCOC(F)(F)F)c1-c1ccn2nc(NC(=O)C3CC3)cc2c1. The number of carbonyl (C=O) groups is 1. The van der Waals surface area contributed by atoms with Crippen molar-refractivity contribution < 1.29 is 27.4 Å². The number of fused-ring (bicyclic) bond motifs is 1. The first-order valence-corrected chi connectivity index (χ1v) is 11.2. The number of carbonyl (C=O) groups excluding carboxylic acids is 1. The average Bonchev–Trinajstić information content (AvgIpc) is 3.44. The predicted molar refractivity (Wildman–Crippen MR) is 116 cm³/mol. The highest BCUT2D eigenvalue weighted by molar-refractivity contribution is 5.93. The lowest BCUT2D eigenvalue weighted by atomic mass is 10.0. The molecule has 1 aliphatic carbocycles. The molecule has 0 bridgehead atoms. The van der Waals surface area contributed by atoms with Gasteiger partial charge >= 0.3 is 6.36 Å². The quantitative estimate of drug-likeness (QED) is 0.509. The van der Waals surface area contributed by atoms with Crippen LogP contribution in [0.5, 0.6) is 5.75 Å². The number of likely N-dealkylation sites (tertiary alicyclic amines) is 1. The molecule has 1 atom stereocenters. The lowest BCUT2D eigenvalue weighted by molar-refractivity contribution is -0.325. The molecule has 5 rings (SSSR count). The topological polar surface area (TPSA) is 85.9 Å². The van der Waals surface area contributed by atoms with E-state index in [1.54, 1.807) is 15.4 Å². The third kappa shape index (κ3) is 5.02. The summed E-state index contributed by atoms with van der Waals surface area (Å²) in [6.07, 6.45) is 1.52. The summed E-state index contributed by atoms with van der Waals surface area (Å²) in [5.41, 5.74) is 2.45. The van der Waals surface area contributed by atoms with E-state index in [1.807, 2.05) is 36.3 Å². The van der Waals surface area contributed by atoms with Gasteiger partial charge in [0.1, 0.15) is 12.3 Å². The zero-order valence-corrected chi connectivity index (χ0v) is 18.6. The molecule has 182 valence electrons. The average molecular weight is 478 g/mol. The Hall–Kier alpha value is -3.12. The van der Waals surface area contributed by atoms with Crippen molar-refractivity contribution in [2.24, 2.45) is 13.0 Å². The van der Waals surface area contributed by atoms with E-state index in [0.717, 1.165) is 36.0 Å². The van der Waals surface area contributed by atoms with Crippen LogP contribution in [-0.2, 0) is 16.6 Å². The molecule has 0 unspecified atom stereocenters.